The molecular formula is C22H31N3O4. The molecule has 7 heteroatoms. The van der Waals surface area contributed by atoms with Crippen LogP contribution in [0.3, 0.4) is 0 Å². The molecule has 1 saturated carbocycles. The molecule has 0 bridgehead atoms. The molecule has 3 rings (SSSR count). The van der Waals surface area contributed by atoms with Gasteiger partial charge in [-0.3, -0.25) is 14.5 Å². The maximum atomic E-state index is 12.6. The molecule has 158 valence electrons. The smallest absolute Gasteiger partial charge is 0.410 e. The van der Waals surface area contributed by atoms with E-state index in [4.69, 9.17) is 4.74 Å². The number of aryl methyl sites for hydroxylation is 1. The standard InChI is InChI=1S/C22H31N3O4/c1-15-5-7-16(8-6-15)20(17-9-10-17)23-18(26)13-24-11-12-25(14-19(24)27)21(28)29-22(2,3)4/h5-8,17,20H,9-14H2,1-4H3,(H,23,26). The fraction of sp³-hybridized carbons (Fsp3) is 0.591. The van der Waals surface area contributed by atoms with Gasteiger partial charge in [0.2, 0.25) is 11.8 Å². The first-order chi connectivity index (χ1) is 13.6. The molecule has 0 aromatic heterocycles. The van der Waals surface area contributed by atoms with Gasteiger partial charge in [0.15, 0.2) is 0 Å². The van der Waals surface area contributed by atoms with Crippen LogP contribution >= 0.6 is 0 Å². The zero-order valence-electron chi connectivity index (χ0n) is 17.7. The van der Waals surface area contributed by atoms with Gasteiger partial charge in [0.05, 0.1) is 12.6 Å². The highest BCUT2D eigenvalue weighted by Crippen LogP contribution is 2.41. The average Bonchev–Trinajstić information content (AvgIpc) is 3.46. The Balaban J connectivity index is 1.53. The second kappa shape index (κ2) is 8.43. The predicted molar refractivity (Wildman–Crippen MR) is 109 cm³/mol. The number of nitrogens with zero attached hydrogens (tertiary/aromatic N) is 2. The Morgan fingerprint density at radius 2 is 1.83 bits per heavy atom. The largest absolute Gasteiger partial charge is 0.444 e. The SMILES string of the molecule is Cc1ccc(C(NC(=O)CN2CCN(C(=O)OC(C)(C)C)CC2=O)C2CC2)cc1. The molecule has 1 atom stereocenters. The summed E-state index contributed by atoms with van der Waals surface area (Å²) in [6.45, 7) is 8.04. The van der Waals surface area contributed by atoms with Gasteiger partial charge < -0.3 is 15.0 Å². The van der Waals surface area contributed by atoms with Gasteiger partial charge in [-0.05, 0) is 52.0 Å². The summed E-state index contributed by atoms with van der Waals surface area (Å²) in [5.74, 6) is 0.0542. The molecule has 1 saturated heterocycles. The molecule has 2 aliphatic rings. The molecule has 1 unspecified atom stereocenters. The van der Waals surface area contributed by atoms with E-state index in [1.54, 1.807) is 20.8 Å². The first-order valence-corrected chi connectivity index (χ1v) is 10.2. The van der Waals surface area contributed by atoms with Gasteiger partial charge in [-0.15, -0.1) is 0 Å². The van der Waals surface area contributed by atoms with Crippen LogP contribution in [0.2, 0.25) is 0 Å². The van der Waals surface area contributed by atoms with Crippen molar-refractivity contribution in [1.82, 2.24) is 15.1 Å². The Hall–Kier alpha value is -2.57. The number of hydrogen-bond acceptors (Lipinski definition) is 4. The van der Waals surface area contributed by atoms with Crippen LogP contribution in [0.1, 0.15) is 50.8 Å². The highest BCUT2D eigenvalue weighted by Gasteiger charge is 2.35. The highest BCUT2D eigenvalue weighted by atomic mass is 16.6. The first-order valence-electron chi connectivity index (χ1n) is 10.2. The zero-order chi connectivity index (χ0) is 21.2. The van der Waals surface area contributed by atoms with Crippen molar-refractivity contribution in [3.8, 4) is 0 Å². The van der Waals surface area contributed by atoms with Crippen LogP contribution in [0.25, 0.3) is 0 Å². The fourth-order valence-corrected chi connectivity index (χ4v) is 3.43. The van der Waals surface area contributed by atoms with Crippen LogP contribution in [-0.2, 0) is 14.3 Å². The number of piperazine rings is 1. The van der Waals surface area contributed by atoms with Gasteiger partial charge in [-0.25, -0.2) is 4.79 Å². The van der Waals surface area contributed by atoms with Crippen molar-refractivity contribution in [2.24, 2.45) is 5.92 Å². The van der Waals surface area contributed by atoms with Crippen molar-refractivity contribution in [1.29, 1.82) is 0 Å². The lowest BCUT2D eigenvalue weighted by Crippen LogP contribution is -2.55. The minimum absolute atomic E-state index is 0.00999. The minimum Gasteiger partial charge on any atom is -0.444 e. The first kappa shape index (κ1) is 21.1. The third-order valence-corrected chi connectivity index (χ3v) is 5.15. The zero-order valence-corrected chi connectivity index (χ0v) is 17.7. The molecular weight excluding hydrogens is 370 g/mol. The minimum atomic E-state index is -0.606. The van der Waals surface area contributed by atoms with E-state index in [-0.39, 0.29) is 30.9 Å². The van der Waals surface area contributed by atoms with E-state index in [1.165, 1.54) is 15.4 Å². The summed E-state index contributed by atoms with van der Waals surface area (Å²) < 4.78 is 5.32. The number of amides is 3. The Morgan fingerprint density at radius 3 is 2.38 bits per heavy atom. The van der Waals surface area contributed by atoms with Crippen LogP contribution in [0, 0.1) is 12.8 Å². The molecule has 1 aliphatic carbocycles. The summed E-state index contributed by atoms with van der Waals surface area (Å²) in [4.78, 5) is 40.1. The number of ether oxygens (including phenoxy) is 1. The fourth-order valence-electron chi connectivity index (χ4n) is 3.43. The van der Waals surface area contributed by atoms with Gasteiger partial charge in [0.1, 0.15) is 12.1 Å². The number of rotatable bonds is 5. The van der Waals surface area contributed by atoms with E-state index in [1.807, 2.05) is 6.92 Å². The van der Waals surface area contributed by atoms with Gasteiger partial charge in [-0.2, -0.15) is 0 Å². The molecule has 1 aliphatic heterocycles. The van der Waals surface area contributed by atoms with Crippen molar-refractivity contribution >= 4 is 17.9 Å². The third kappa shape index (κ3) is 5.95. The lowest BCUT2D eigenvalue weighted by molar-refractivity contribution is -0.140. The Kier molecular flexibility index (Phi) is 6.15. The molecule has 1 aromatic rings. The van der Waals surface area contributed by atoms with Gasteiger partial charge in [0, 0.05) is 13.1 Å². The molecule has 0 radical (unpaired) electrons. The Bertz CT molecular complexity index is 765. The lowest BCUT2D eigenvalue weighted by atomic mass is 10.0. The topological polar surface area (TPSA) is 79.0 Å². The number of nitrogens with one attached hydrogen (secondary N) is 1. The van der Waals surface area contributed by atoms with Crippen molar-refractivity contribution in [2.75, 3.05) is 26.2 Å². The van der Waals surface area contributed by atoms with Crippen molar-refractivity contribution in [3.05, 3.63) is 35.4 Å². The normalized spacial score (nSPS) is 18.4. The van der Waals surface area contributed by atoms with E-state index < -0.39 is 11.7 Å². The van der Waals surface area contributed by atoms with Gasteiger partial charge in [-0.1, -0.05) is 29.8 Å². The third-order valence-electron chi connectivity index (χ3n) is 5.15. The van der Waals surface area contributed by atoms with Crippen LogP contribution in [0.4, 0.5) is 4.79 Å². The summed E-state index contributed by atoms with van der Waals surface area (Å²) >= 11 is 0. The van der Waals surface area contributed by atoms with E-state index in [0.29, 0.717) is 19.0 Å². The van der Waals surface area contributed by atoms with E-state index in [0.717, 1.165) is 18.4 Å². The maximum Gasteiger partial charge on any atom is 0.410 e. The second-order valence-corrected chi connectivity index (χ2v) is 9.01. The van der Waals surface area contributed by atoms with Gasteiger partial charge >= 0.3 is 6.09 Å². The van der Waals surface area contributed by atoms with Crippen molar-refractivity contribution in [3.63, 3.8) is 0 Å². The van der Waals surface area contributed by atoms with Crippen LogP contribution < -0.4 is 5.32 Å². The molecule has 0 spiro atoms. The van der Waals surface area contributed by atoms with Crippen molar-refractivity contribution in [2.45, 2.75) is 52.2 Å². The molecule has 2 fully saturated rings. The molecule has 3 amide bonds. The Labute approximate surface area is 172 Å². The van der Waals surface area contributed by atoms with Crippen LogP contribution in [0.5, 0.6) is 0 Å². The van der Waals surface area contributed by atoms with E-state index >= 15 is 0 Å². The quantitative estimate of drug-likeness (QED) is 0.823. The van der Waals surface area contributed by atoms with Crippen LogP contribution in [0.15, 0.2) is 24.3 Å². The Morgan fingerprint density at radius 1 is 1.17 bits per heavy atom. The molecule has 7 nitrogen and oxygen atoms in total. The molecule has 1 aromatic carbocycles. The summed E-state index contributed by atoms with van der Waals surface area (Å²) in [6.07, 6.45) is 1.71. The molecule has 1 heterocycles. The maximum absolute atomic E-state index is 12.6. The number of carbonyl (C=O) groups excluding carboxylic acids is 3. The average molecular weight is 402 g/mol. The summed E-state index contributed by atoms with van der Waals surface area (Å²) in [7, 11) is 0. The van der Waals surface area contributed by atoms with E-state index in [2.05, 4.69) is 29.6 Å². The number of benzene rings is 1. The van der Waals surface area contributed by atoms with Crippen molar-refractivity contribution < 1.29 is 19.1 Å². The molecule has 1 N–H and O–H groups in total. The number of hydrogen-bond donors (Lipinski definition) is 1. The summed E-state index contributed by atoms with van der Waals surface area (Å²) in [6, 6.07) is 8.21. The molecule has 29 heavy (non-hydrogen) atoms. The lowest BCUT2D eigenvalue weighted by Gasteiger charge is -2.35. The monoisotopic (exact) mass is 401 g/mol. The summed E-state index contributed by atoms with van der Waals surface area (Å²) in [5, 5.41) is 3.11. The summed E-state index contributed by atoms with van der Waals surface area (Å²) in [5.41, 5.74) is 1.68. The number of carbonyl (C=O) groups is 3. The predicted octanol–water partition coefficient (Wildman–Crippen LogP) is 2.64. The van der Waals surface area contributed by atoms with E-state index in [9.17, 15) is 14.4 Å². The second-order valence-electron chi connectivity index (χ2n) is 9.01. The highest BCUT2D eigenvalue weighted by molar-refractivity contribution is 5.88. The van der Waals surface area contributed by atoms with Gasteiger partial charge in [0.25, 0.3) is 0 Å². The van der Waals surface area contributed by atoms with Crippen LogP contribution in [-0.4, -0.2) is 59.5 Å².